The molecule has 2 aromatic carbocycles. The molecule has 146 valence electrons. The number of carbonyl (C=O) groups is 1. The van der Waals surface area contributed by atoms with Crippen molar-refractivity contribution in [3.05, 3.63) is 83.9 Å². The molecule has 28 heavy (non-hydrogen) atoms. The molecule has 0 saturated heterocycles. The van der Waals surface area contributed by atoms with Crippen LogP contribution in [0.3, 0.4) is 0 Å². The lowest BCUT2D eigenvalue weighted by molar-refractivity contribution is -0.119. The number of thioether (sulfide) groups is 1. The molecule has 3 aromatic rings. The minimum absolute atomic E-state index is 0.0123. The van der Waals surface area contributed by atoms with E-state index in [4.69, 9.17) is 0 Å². The summed E-state index contributed by atoms with van der Waals surface area (Å²) in [6.07, 6.45) is 3.64. The van der Waals surface area contributed by atoms with Crippen LogP contribution < -0.4 is 5.32 Å². The topological polar surface area (TPSA) is 46.9 Å². The molecule has 1 amide bonds. The van der Waals surface area contributed by atoms with Gasteiger partial charge in [-0.05, 0) is 28.7 Å². The number of amides is 1. The van der Waals surface area contributed by atoms with E-state index in [0.717, 1.165) is 16.3 Å². The first-order chi connectivity index (χ1) is 13.3. The maximum atomic E-state index is 12.7. The molecular formula is C23H27N3OS. The highest BCUT2D eigenvalue weighted by atomic mass is 32.2. The number of aryl methyl sites for hydroxylation is 1. The molecule has 1 atom stereocenters. The monoisotopic (exact) mass is 393 g/mol. The van der Waals surface area contributed by atoms with E-state index in [1.807, 2.05) is 48.1 Å². The van der Waals surface area contributed by atoms with Gasteiger partial charge in [-0.25, -0.2) is 4.98 Å². The second-order valence-corrected chi connectivity index (χ2v) is 8.92. The van der Waals surface area contributed by atoms with Gasteiger partial charge in [0.2, 0.25) is 5.91 Å². The fraction of sp³-hybridized carbons (Fsp3) is 0.304. The van der Waals surface area contributed by atoms with Gasteiger partial charge in [0, 0.05) is 24.3 Å². The van der Waals surface area contributed by atoms with Gasteiger partial charge in [-0.2, -0.15) is 0 Å². The molecular weight excluding hydrogens is 366 g/mol. The molecule has 0 spiro atoms. The van der Waals surface area contributed by atoms with Crippen LogP contribution in [0.25, 0.3) is 0 Å². The summed E-state index contributed by atoms with van der Waals surface area (Å²) in [7, 11) is 1.94. The molecule has 5 heteroatoms. The van der Waals surface area contributed by atoms with E-state index in [0.29, 0.717) is 5.75 Å². The second-order valence-electron chi connectivity index (χ2n) is 7.87. The summed E-state index contributed by atoms with van der Waals surface area (Å²) < 4.78 is 1.94. The van der Waals surface area contributed by atoms with Crippen LogP contribution in [-0.2, 0) is 17.3 Å². The number of hydrogen-bond donors (Lipinski definition) is 1. The van der Waals surface area contributed by atoms with Gasteiger partial charge in [0.15, 0.2) is 0 Å². The first-order valence-electron chi connectivity index (χ1n) is 9.39. The van der Waals surface area contributed by atoms with Gasteiger partial charge in [-0.15, -0.1) is 11.8 Å². The molecule has 0 bridgehead atoms. The zero-order valence-corrected chi connectivity index (χ0v) is 17.7. The van der Waals surface area contributed by atoms with Crippen molar-refractivity contribution in [2.45, 2.75) is 37.1 Å². The molecule has 0 aliphatic heterocycles. The summed E-state index contributed by atoms with van der Waals surface area (Å²) >= 11 is 1.55. The summed E-state index contributed by atoms with van der Waals surface area (Å²) in [6.45, 7) is 6.60. The SMILES string of the molecule is Cn1ccnc1C(NC(=O)CSc1ccc(C(C)(C)C)cc1)c1ccccc1. The van der Waals surface area contributed by atoms with E-state index in [9.17, 15) is 4.79 Å². The number of carbonyl (C=O) groups excluding carboxylic acids is 1. The molecule has 1 heterocycles. The molecule has 1 unspecified atom stereocenters. The third-order valence-corrected chi connectivity index (χ3v) is 5.66. The highest BCUT2D eigenvalue weighted by Gasteiger charge is 2.20. The normalized spacial score (nSPS) is 12.6. The van der Waals surface area contributed by atoms with Crippen LogP contribution in [-0.4, -0.2) is 21.2 Å². The molecule has 1 N–H and O–H groups in total. The van der Waals surface area contributed by atoms with E-state index in [2.05, 4.69) is 55.3 Å². The number of hydrogen-bond acceptors (Lipinski definition) is 3. The summed E-state index contributed by atoms with van der Waals surface area (Å²) in [5, 5.41) is 3.14. The number of imidazole rings is 1. The van der Waals surface area contributed by atoms with Crippen molar-refractivity contribution in [2.24, 2.45) is 7.05 Å². The predicted molar refractivity (Wildman–Crippen MR) is 116 cm³/mol. The Morgan fingerprint density at radius 3 is 2.36 bits per heavy atom. The summed E-state index contributed by atoms with van der Waals surface area (Å²) in [5.74, 6) is 1.17. The fourth-order valence-corrected chi connectivity index (χ4v) is 3.71. The minimum atomic E-state index is -0.266. The lowest BCUT2D eigenvalue weighted by Crippen LogP contribution is -2.32. The van der Waals surface area contributed by atoms with Gasteiger partial charge in [-0.3, -0.25) is 4.79 Å². The van der Waals surface area contributed by atoms with Crippen LogP contribution in [0.1, 0.15) is 43.8 Å². The van der Waals surface area contributed by atoms with Gasteiger partial charge in [-0.1, -0.05) is 63.2 Å². The van der Waals surface area contributed by atoms with Crippen molar-refractivity contribution < 1.29 is 4.79 Å². The fourth-order valence-electron chi connectivity index (χ4n) is 3.00. The van der Waals surface area contributed by atoms with E-state index < -0.39 is 0 Å². The average Bonchev–Trinajstić information content (AvgIpc) is 3.10. The Labute approximate surface area is 171 Å². The first kappa shape index (κ1) is 20.2. The van der Waals surface area contributed by atoms with Crippen molar-refractivity contribution in [3.63, 3.8) is 0 Å². The number of nitrogens with one attached hydrogen (secondary N) is 1. The zero-order valence-electron chi connectivity index (χ0n) is 16.8. The Hall–Kier alpha value is -2.53. The lowest BCUT2D eigenvalue weighted by atomic mass is 9.87. The van der Waals surface area contributed by atoms with E-state index >= 15 is 0 Å². The van der Waals surface area contributed by atoms with Crippen LogP contribution in [0.2, 0.25) is 0 Å². The maximum Gasteiger partial charge on any atom is 0.231 e. The third-order valence-electron chi connectivity index (χ3n) is 4.65. The number of aromatic nitrogens is 2. The van der Waals surface area contributed by atoms with E-state index in [1.165, 1.54) is 5.56 Å². The molecule has 0 aliphatic carbocycles. The second kappa shape index (κ2) is 8.65. The molecule has 0 radical (unpaired) electrons. The summed E-state index contributed by atoms with van der Waals surface area (Å²) in [5.41, 5.74) is 2.44. The zero-order chi connectivity index (χ0) is 20.1. The smallest absolute Gasteiger partial charge is 0.231 e. The van der Waals surface area contributed by atoms with E-state index in [1.54, 1.807) is 18.0 Å². The van der Waals surface area contributed by atoms with Gasteiger partial charge in [0.1, 0.15) is 11.9 Å². The minimum Gasteiger partial charge on any atom is -0.341 e. The van der Waals surface area contributed by atoms with Crippen LogP contribution in [0.4, 0.5) is 0 Å². The molecule has 4 nitrogen and oxygen atoms in total. The third kappa shape index (κ3) is 5.04. The van der Waals surface area contributed by atoms with Gasteiger partial charge < -0.3 is 9.88 Å². The standard InChI is InChI=1S/C23H27N3OS/c1-23(2,3)18-10-12-19(13-11-18)28-16-20(27)25-21(17-8-6-5-7-9-17)22-24-14-15-26(22)4/h5-15,21H,16H2,1-4H3,(H,25,27). The van der Waals surface area contributed by atoms with Crippen LogP contribution in [0.5, 0.6) is 0 Å². The largest absolute Gasteiger partial charge is 0.341 e. The molecule has 1 aromatic heterocycles. The number of nitrogens with zero attached hydrogens (tertiary/aromatic N) is 2. The van der Waals surface area contributed by atoms with Crippen LogP contribution in [0, 0.1) is 0 Å². The highest BCUT2D eigenvalue weighted by Crippen LogP contribution is 2.26. The van der Waals surface area contributed by atoms with Crippen molar-refractivity contribution >= 4 is 17.7 Å². The summed E-state index contributed by atoms with van der Waals surface area (Å²) in [4.78, 5) is 18.2. The van der Waals surface area contributed by atoms with Crippen LogP contribution in [0.15, 0.2) is 71.9 Å². The molecule has 0 aliphatic rings. The lowest BCUT2D eigenvalue weighted by Gasteiger charge is -2.20. The first-order valence-corrected chi connectivity index (χ1v) is 10.4. The van der Waals surface area contributed by atoms with Gasteiger partial charge in [0.05, 0.1) is 5.75 Å². The maximum absolute atomic E-state index is 12.7. The summed E-state index contributed by atoms with van der Waals surface area (Å²) in [6, 6.07) is 18.1. The Morgan fingerprint density at radius 2 is 1.79 bits per heavy atom. The van der Waals surface area contributed by atoms with Crippen LogP contribution >= 0.6 is 11.8 Å². The molecule has 0 fully saturated rings. The van der Waals surface area contributed by atoms with Gasteiger partial charge in [0.25, 0.3) is 0 Å². The predicted octanol–water partition coefficient (Wildman–Crippen LogP) is 4.72. The Balaban J connectivity index is 1.67. The average molecular weight is 394 g/mol. The Kier molecular flexibility index (Phi) is 6.25. The quantitative estimate of drug-likeness (QED) is 0.617. The Morgan fingerprint density at radius 1 is 1.11 bits per heavy atom. The Bertz CT molecular complexity index is 911. The van der Waals surface area contributed by atoms with E-state index in [-0.39, 0.29) is 17.4 Å². The molecule has 3 rings (SSSR count). The van der Waals surface area contributed by atoms with Crippen molar-refractivity contribution in [3.8, 4) is 0 Å². The van der Waals surface area contributed by atoms with Crippen molar-refractivity contribution in [1.82, 2.24) is 14.9 Å². The number of benzene rings is 2. The van der Waals surface area contributed by atoms with Gasteiger partial charge >= 0.3 is 0 Å². The number of rotatable bonds is 6. The molecule has 0 saturated carbocycles. The van der Waals surface area contributed by atoms with Crippen molar-refractivity contribution in [1.29, 1.82) is 0 Å². The van der Waals surface area contributed by atoms with Crippen molar-refractivity contribution in [2.75, 3.05) is 5.75 Å². The highest BCUT2D eigenvalue weighted by molar-refractivity contribution is 8.00.